The van der Waals surface area contributed by atoms with E-state index in [-0.39, 0.29) is 40.7 Å². The van der Waals surface area contributed by atoms with Crippen LogP contribution in [-0.4, -0.2) is 93.9 Å². The van der Waals surface area contributed by atoms with Crippen LogP contribution >= 0.6 is 0 Å². The largest absolute Gasteiger partial charge is 0.444 e. The fourth-order valence-electron chi connectivity index (χ4n) is 6.65. The zero-order valence-corrected chi connectivity index (χ0v) is 28.8. The zero-order valence-electron chi connectivity index (χ0n) is 28.8. The molecule has 46 heavy (non-hydrogen) atoms. The summed E-state index contributed by atoms with van der Waals surface area (Å²) in [7, 11) is 0. The molecule has 1 aromatic carbocycles. The predicted octanol–water partition coefficient (Wildman–Crippen LogP) is 5.91. The van der Waals surface area contributed by atoms with Crippen molar-refractivity contribution in [3.05, 3.63) is 35.9 Å². The molecule has 12 heteroatoms. The zero-order chi connectivity index (χ0) is 33.6. The second-order valence-electron chi connectivity index (χ2n) is 14.3. The minimum absolute atomic E-state index is 0.0540. The summed E-state index contributed by atoms with van der Waals surface area (Å²) >= 11 is 0. The van der Waals surface area contributed by atoms with Crippen LogP contribution in [0.4, 0.5) is 15.0 Å². The lowest BCUT2D eigenvalue weighted by molar-refractivity contribution is -0.0340. The number of rotatable bonds is 13. The molecule has 1 spiro atoms. The Hall–Kier alpha value is -3.54. The Bertz CT molecular complexity index is 1340. The van der Waals surface area contributed by atoms with E-state index in [0.29, 0.717) is 30.9 Å². The summed E-state index contributed by atoms with van der Waals surface area (Å²) in [4.78, 5) is 36.3. The van der Waals surface area contributed by atoms with Gasteiger partial charge >= 0.3 is 6.09 Å². The molecule has 2 amide bonds. The van der Waals surface area contributed by atoms with Gasteiger partial charge in [0.05, 0.1) is 5.56 Å². The van der Waals surface area contributed by atoms with Crippen molar-refractivity contribution in [3.63, 3.8) is 0 Å². The molecule has 2 aliphatic rings. The Balaban J connectivity index is 1.36. The van der Waals surface area contributed by atoms with Crippen molar-refractivity contribution < 1.29 is 23.5 Å². The third-order valence-corrected chi connectivity index (χ3v) is 8.82. The number of hydrogen-bond acceptors (Lipinski definition) is 9. The highest BCUT2D eigenvalue weighted by molar-refractivity contribution is 5.97. The summed E-state index contributed by atoms with van der Waals surface area (Å²) in [5, 5.41) is 11.1. The van der Waals surface area contributed by atoms with Gasteiger partial charge in [-0.1, -0.05) is 20.3 Å². The van der Waals surface area contributed by atoms with E-state index in [4.69, 9.17) is 9.47 Å². The highest BCUT2D eigenvalue weighted by Gasteiger charge is 2.50. The summed E-state index contributed by atoms with van der Waals surface area (Å²) in [5.74, 6) is 0.692. The van der Waals surface area contributed by atoms with E-state index in [1.807, 2.05) is 41.5 Å². The van der Waals surface area contributed by atoms with Gasteiger partial charge in [-0.15, -0.1) is 10.2 Å². The molecular weight excluding hydrogens is 589 g/mol. The maximum atomic E-state index is 14.3. The monoisotopic (exact) mass is 641 g/mol. The quantitative estimate of drug-likeness (QED) is 0.267. The van der Waals surface area contributed by atoms with Crippen LogP contribution in [0.2, 0.25) is 0 Å². The summed E-state index contributed by atoms with van der Waals surface area (Å²) in [6.07, 6.45) is 5.08. The Morgan fingerprint density at radius 2 is 1.87 bits per heavy atom. The fraction of sp³-hybridized carbons (Fsp3) is 0.676. The van der Waals surface area contributed by atoms with Gasteiger partial charge < -0.3 is 24.6 Å². The lowest BCUT2D eigenvalue weighted by Crippen LogP contribution is -2.61. The first-order valence-electron chi connectivity index (χ1n) is 16.6. The third kappa shape index (κ3) is 8.83. The van der Waals surface area contributed by atoms with Crippen LogP contribution in [0.1, 0.15) is 91.4 Å². The number of benzene rings is 1. The van der Waals surface area contributed by atoms with Crippen LogP contribution in [-0.2, 0) is 4.74 Å². The van der Waals surface area contributed by atoms with Gasteiger partial charge in [-0.3, -0.25) is 9.69 Å². The van der Waals surface area contributed by atoms with E-state index >= 15 is 0 Å². The van der Waals surface area contributed by atoms with Crippen LogP contribution in [0.25, 0.3) is 0 Å². The van der Waals surface area contributed by atoms with Gasteiger partial charge in [0.2, 0.25) is 0 Å². The number of ether oxygens (including phenoxy) is 2. The topological polar surface area (TPSA) is 113 Å². The predicted molar refractivity (Wildman–Crippen MR) is 176 cm³/mol. The van der Waals surface area contributed by atoms with E-state index in [2.05, 4.69) is 44.1 Å². The molecule has 0 radical (unpaired) electrons. The van der Waals surface area contributed by atoms with Crippen LogP contribution in [0.15, 0.2) is 24.5 Å². The van der Waals surface area contributed by atoms with Gasteiger partial charge in [-0.05, 0) is 84.9 Å². The van der Waals surface area contributed by atoms with Gasteiger partial charge in [0, 0.05) is 56.8 Å². The highest BCUT2D eigenvalue weighted by atomic mass is 19.1. The maximum absolute atomic E-state index is 14.3. The number of carbonyl (C=O) groups is 2. The second kappa shape index (κ2) is 14.9. The maximum Gasteiger partial charge on any atom is 0.407 e. The third-order valence-electron chi connectivity index (χ3n) is 8.82. The van der Waals surface area contributed by atoms with E-state index < -0.39 is 11.4 Å². The molecule has 2 aromatic rings. The van der Waals surface area contributed by atoms with Gasteiger partial charge in [-0.25, -0.2) is 14.2 Å². The molecule has 0 aliphatic carbocycles. The molecule has 2 saturated heterocycles. The molecule has 1 aromatic heterocycles. The van der Waals surface area contributed by atoms with Crippen molar-refractivity contribution in [2.45, 2.75) is 98.8 Å². The first kappa shape index (κ1) is 35.3. The normalized spacial score (nSPS) is 16.9. The second-order valence-corrected chi connectivity index (χ2v) is 14.3. The molecule has 2 fully saturated rings. The Kier molecular flexibility index (Phi) is 11.5. The number of likely N-dealkylation sites (tertiary alicyclic amines) is 1. The SMILES string of the molecule is CCN(C(=O)c1cc(F)ccc1Oc1nncnc1N1CCC2(C1)CN([C@H](CCCCNC(=O)OC(C)(C)C)C(C)C)C2)C(C)C. The number of anilines is 1. The Morgan fingerprint density at radius 1 is 1.13 bits per heavy atom. The molecule has 0 bridgehead atoms. The van der Waals surface area contributed by atoms with E-state index in [9.17, 15) is 14.0 Å². The summed E-state index contributed by atoms with van der Waals surface area (Å²) in [6, 6.07) is 4.37. The number of aromatic nitrogens is 3. The lowest BCUT2D eigenvalue weighted by atomic mass is 9.76. The standard InChI is InChI=1S/C34H52FN7O4/c1-9-42(24(4)5)31(43)26-18-25(35)13-14-28(26)45-30-29(37-22-38-39-30)40-17-15-34(19-40)20-41(21-34)27(23(2)3)12-10-11-16-36-32(44)46-33(6,7)8/h13-14,18,22-24,27H,9-12,15-17,19-21H2,1-8H3,(H,36,44)/t27-/m1/s1. The molecule has 4 rings (SSSR count). The van der Waals surface area contributed by atoms with Crippen LogP contribution in [0.5, 0.6) is 11.6 Å². The van der Waals surface area contributed by atoms with Gasteiger partial charge in [0.1, 0.15) is 23.5 Å². The molecular formula is C34H52FN7O4. The van der Waals surface area contributed by atoms with E-state index in [0.717, 1.165) is 51.9 Å². The Morgan fingerprint density at radius 3 is 2.52 bits per heavy atom. The van der Waals surface area contributed by atoms with Gasteiger partial charge in [-0.2, -0.15) is 0 Å². The van der Waals surface area contributed by atoms with Gasteiger partial charge in [0.25, 0.3) is 11.8 Å². The van der Waals surface area contributed by atoms with Crippen molar-refractivity contribution >= 4 is 17.8 Å². The molecule has 3 heterocycles. The van der Waals surface area contributed by atoms with E-state index in [1.165, 1.54) is 24.5 Å². The minimum Gasteiger partial charge on any atom is -0.444 e. The van der Waals surface area contributed by atoms with E-state index in [1.54, 1.807) is 4.90 Å². The number of alkyl carbamates (subject to hydrolysis) is 1. The van der Waals surface area contributed by atoms with Gasteiger partial charge in [0.15, 0.2) is 5.82 Å². The molecule has 254 valence electrons. The summed E-state index contributed by atoms with van der Waals surface area (Å²) < 4.78 is 25.8. The lowest BCUT2D eigenvalue weighted by Gasteiger charge is -2.53. The number of halogens is 1. The summed E-state index contributed by atoms with van der Waals surface area (Å²) in [6.45, 7) is 20.6. The highest BCUT2D eigenvalue weighted by Crippen LogP contribution is 2.44. The Labute approximate surface area is 273 Å². The van der Waals surface area contributed by atoms with Crippen molar-refractivity contribution in [1.29, 1.82) is 0 Å². The smallest absolute Gasteiger partial charge is 0.407 e. The molecule has 0 saturated carbocycles. The molecule has 1 N–H and O–H groups in total. The van der Waals surface area contributed by atoms with Crippen molar-refractivity contribution in [3.8, 4) is 11.6 Å². The minimum atomic E-state index is -0.513. The average molecular weight is 642 g/mol. The number of amides is 2. The molecule has 0 unspecified atom stereocenters. The number of carbonyl (C=O) groups excluding carboxylic acids is 2. The molecule has 2 aliphatic heterocycles. The summed E-state index contributed by atoms with van der Waals surface area (Å²) in [5.41, 5.74) is -0.200. The first-order chi connectivity index (χ1) is 21.7. The van der Waals surface area contributed by atoms with Crippen molar-refractivity contribution in [2.24, 2.45) is 11.3 Å². The number of unbranched alkanes of at least 4 members (excludes halogenated alkanes) is 1. The fourth-order valence-corrected chi connectivity index (χ4v) is 6.65. The van der Waals surface area contributed by atoms with Crippen LogP contribution < -0.4 is 15.0 Å². The van der Waals surface area contributed by atoms with Crippen LogP contribution in [0.3, 0.4) is 0 Å². The number of nitrogens with zero attached hydrogens (tertiary/aromatic N) is 6. The van der Waals surface area contributed by atoms with Crippen molar-refractivity contribution in [2.75, 3.05) is 44.2 Å². The molecule has 11 nitrogen and oxygen atoms in total. The first-order valence-corrected chi connectivity index (χ1v) is 16.6. The average Bonchev–Trinajstić information content (AvgIpc) is 3.40. The van der Waals surface area contributed by atoms with Crippen LogP contribution in [0, 0.1) is 17.2 Å². The number of nitrogens with one attached hydrogen (secondary N) is 1. The number of hydrogen-bond donors (Lipinski definition) is 1. The van der Waals surface area contributed by atoms with Crippen molar-refractivity contribution in [1.82, 2.24) is 30.3 Å². The molecule has 1 atom stereocenters.